The summed E-state index contributed by atoms with van der Waals surface area (Å²) in [6, 6.07) is 7.65. The number of nitrogens with one attached hydrogen (secondary N) is 1. The summed E-state index contributed by atoms with van der Waals surface area (Å²) in [6.07, 6.45) is 1.01. The van der Waals surface area contributed by atoms with Gasteiger partial charge in [0.05, 0.1) is 18.8 Å². The minimum atomic E-state index is -0.490. The average Bonchev–Trinajstić information content (AvgIpc) is 3.02. The monoisotopic (exact) mass is 476 g/mol. The number of nitrogens with zero attached hydrogens (tertiary/aromatic N) is 3. The van der Waals surface area contributed by atoms with Crippen molar-refractivity contribution >= 4 is 35.4 Å². The van der Waals surface area contributed by atoms with Crippen molar-refractivity contribution in [3.8, 4) is 0 Å². The van der Waals surface area contributed by atoms with Crippen LogP contribution in [-0.4, -0.2) is 94.9 Å². The highest BCUT2D eigenvalue weighted by Crippen LogP contribution is 2.29. The van der Waals surface area contributed by atoms with Crippen LogP contribution in [0.2, 0.25) is 0 Å². The van der Waals surface area contributed by atoms with Crippen LogP contribution in [0.25, 0.3) is 0 Å². The zero-order valence-electron chi connectivity index (χ0n) is 19.4. The van der Waals surface area contributed by atoms with E-state index in [1.54, 1.807) is 16.7 Å². The van der Waals surface area contributed by atoms with E-state index < -0.39 is 17.4 Å². The van der Waals surface area contributed by atoms with Gasteiger partial charge in [-0.05, 0) is 32.9 Å². The molecular formula is C23H32N4O5S. The van der Waals surface area contributed by atoms with Gasteiger partial charge in [-0.1, -0.05) is 12.1 Å². The van der Waals surface area contributed by atoms with Gasteiger partial charge in [0.25, 0.3) is 11.8 Å². The number of imide groups is 1. The molecule has 1 fully saturated rings. The van der Waals surface area contributed by atoms with Crippen LogP contribution in [0.1, 0.15) is 20.8 Å². The van der Waals surface area contributed by atoms with Crippen molar-refractivity contribution in [2.45, 2.75) is 31.3 Å². The fourth-order valence-electron chi connectivity index (χ4n) is 3.52. The van der Waals surface area contributed by atoms with E-state index in [1.165, 1.54) is 6.08 Å². The van der Waals surface area contributed by atoms with Crippen molar-refractivity contribution in [3.63, 3.8) is 0 Å². The molecule has 0 unspecified atom stereocenters. The fourth-order valence-corrected chi connectivity index (χ4v) is 4.53. The standard InChI is InChI=1S/C23H32N4O5S/c1-23(2,3)32-22(31)26-10-8-25(9-11-26)13-15-33-19-7-5-4-6-17(19)24-18-16-20(29)27(12-14-28)21(18)30/h4-7,16,24,28H,8-15H2,1-3H3. The van der Waals surface area contributed by atoms with Gasteiger partial charge in [-0.25, -0.2) is 4.79 Å². The molecule has 0 aliphatic carbocycles. The molecule has 0 saturated carbocycles. The number of aliphatic hydroxyl groups is 1. The predicted octanol–water partition coefficient (Wildman–Crippen LogP) is 1.99. The SMILES string of the molecule is CC(C)(C)OC(=O)N1CCN(CCSc2ccccc2NC2=CC(=O)N(CCO)C2=O)CC1. The Hall–Kier alpha value is -2.56. The molecule has 0 atom stereocenters. The molecule has 10 heteroatoms. The molecule has 1 aromatic rings. The summed E-state index contributed by atoms with van der Waals surface area (Å²) in [4.78, 5) is 42.7. The number of hydrogen-bond donors (Lipinski definition) is 2. The first-order valence-electron chi connectivity index (χ1n) is 11.1. The van der Waals surface area contributed by atoms with E-state index in [4.69, 9.17) is 9.84 Å². The van der Waals surface area contributed by atoms with Crippen molar-refractivity contribution in [1.82, 2.24) is 14.7 Å². The topological polar surface area (TPSA) is 102 Å². The van der Waals surface area contributed by atoms with Gasteiger partial charge in [0, 0.05) is 49.4 Å². The summed E-state index contributed by atoms with van der Waals surface area (Å²) in [5.74, 6) is -0.0165. The highest BCUT2D eigenvalue weighted by atomic mass is 32.2. The molecule has 2 aliphatic rings. The lowest BCUT2D eigenvalue weighted by Gasteiger charge is -2.35. The lowest BCUT2D eigenvalue weighted by atomic mass is 10.2. The van der Waals surface area contributed by atoms with Crippen molar-refractivity contribution in [3.05, 3.63) is 36.0 Å². The first-order chi connectivity index (χ1) is 15.7. The molecule has 1 aromatic carbocycles. The third-order valence-corrected chi connectivity index (χ3v) is 6.23. The Bertz CT molecular complexity index is 906. The van der Waals surface area contributed by atoms with Crippen molar-refractivity contribution < 1.29 is 24.2 Å². The minimum absolute atomic E-state index is 0.0169. The summed E-state index contributed by atoms with van der Waals surface area (Å²) in [7, 11) is 0. The zero-order chi connectivity index (χ0) is 24.0. The van der Waals surface area contributed by atoms with Crippen molar-refractivity contribution in [2.24, 2.45) is 0 Å². The van der Waals surface area contributed by atoms with Gasteiger partial charge < -0.3 is 20.1 Å². The fraction of sp³-hybridized carbons (Fsp3) is 0.522. The van der Waals surface area contributed by atoms with Crippen LogP contribution >= 0.6 is 11.8 Å². The first kappa shape index (κ1) is 25.1. The molecule has 3 rings (SSSR count). The molecule has 0 bridgehead atoms. The van der Waals surface area contributed by atoms with Gasteiger partial charge in [0.15, 0.2) is 0 Å². The third-order valence-electron chi connectivity index (χ3n) is 5.18. The van der Waals surface area contributed by atoms with Crippen LogP contribution in [0.3, 0.4) is 0 Å². The normalized spacial score (nSPS) is 17.4. The lowest BCUT2D eigenvalue weighted by Crippen LogP contribution is -2.50. The minimum Gasteiger partial charge on any atom is -0.444 e. The van der Waals surface area contributed by atoms with Gasteiger partial charge >= 0.3 is 6.09 Å². The highest BCUT2D eigenvalue weighted by Gasteiger charge is 2.31. The largest absolute Gasteiger partial charge is 0.444 e. The van der Waals surface area contributed by atoms with E-state index in [2.05, 4.69) is 10.2 Å². The maximum Gasteiger partial charge on any atom is 0.410 e. The number of rotatable bonds is 8. The third kappa shape index (κ3) is 6.96. The van der Waals surface area contributed by atoms with Crippen molar-refractivity contribution in [2.75, 3.05) is 56.9 Å². The lowest BCUT2D eigenvalue weighted by molar-refractivity contribution is -0.137. The molecular weight excluding hydrogens is 444 g/mol. The van der Waals surface area contributed by atoms with E-state index in [-0.39, 0.29) is 24.9 Å². The number of hydrogen-bond acceptors (Lipinski definition) is 8. The molecule has 33 heavy (non-hydrogen) atoms. The number of ether oxygens (including phenoxy) is 1. The smallest absolute Gasteiger partial charge is 0.410 e. The van der Waals surface area contributed by atoms with Gasteiger partial charge in [-0.15, -0.1) is 11.8 Å². The maximum atomic E-state index is 12.4. The second-order valence-corrected chi connectivity index (χ2v) is 9.99. The van der Waals surface area contributed by atoms with E-state index in [9.17, 15) is 14.4 Å². The predicted molar refractivity (Wildman–Crippen MR) is 127 cm³/mol. The Balaban J connectivity index is 1.48. The molecule has 9 nitrogen and oxygen atoms in total. The molecule has 2 N–H and O–H groups in total. The second-order valence-electron chi connectivity index (χ2n) is 8.86. The van der Waals surface area contributed by atoms with Crippen LogP contribution in [0.5, 0.6) is 0 Å². The molecule has 1 saturated heterocycles. The Kier molecular flexibility index (Phi) is 8.39. The van der Waals surface area contributed by atoms with E-state index >= 15 is 0 Å². The molecule has 0 spiro atoms. The number of amides is 3. The first-order valence-corrected chi connectivity index (χ1v) is 12.0. The van der Waals surface area contributed by atoms with Crippen LogP contribution in [0.4, 0.5) is 10.5 Å². The Morgan fingerprint density at radius 1 is 1.12 bits per heavy atom. The summed E-state index contributed by atoms with van der Waals surface area (Å²) in [6.45, 7) is 9.07. The van der Waals surface area contributed by atoms with E-state index in [1.807, 2.05) is 45.0 Å². The summed E-state index contributed by atoms with van der Waals surface area (Å²) in [5.41, 5.74) is 0.478. The van der Waals surface area contributed by atoms with Gasteiger partial charge in [-0.2, -0.15) is 0 Å². The quantitative estimate of drug-likeness (QED) is 0.434. The number of thioether (sulfide) groups is 1. The van der Waals surface area contributed by atoms with Crippen LogP contribution in [-0.2, 0) is 14.3 Å². The zero-order valence-corrected chi connectivity index (χ0v) is 20.2. The molecule has 0 aromatic heterocycles. The number of carbonyl (C=O) groups excluding carboxylic acids is 3. The average molecular weight is 477 g/mol. The number of carbonyl (C=O) groups is 3. The molecule has 180 valence electrons. The number of β-amino-alcohol motifs (C(OH)–C–C–N with tert-alkyl or cyclic N) is 1. The highest BCUT2D eigenvalue weighted by molar-refractivity contribution is 7.99. The van der Waals surface area contributed by atoms with Crippen LogP contribution in [0.15, 0.2) is 40.9 Å². The Labute approximate surface area is 198 Å². The van der Waals surface area contributed by atoms with Crippen molar-refractivity contribution in [1.29, 1.82) is 0 Å². The van der Waals surface area contributed by atoms with Crippen LogP contribution in [0, 0.1) is 0 Å². The van der Waals surface area contributed by atoms with E-state index in [0.717, 1.165) is 40.9 Å². The second kappa shape index (κ2) is 11.0. The maximum absolute atomic E-state index is 12.4. The Morgan fingerprint density at radius 2 is 1.82 bits per heavy atom. The molecule has 0 radical (unpaired) electrons. The van der Waals surface area contributed by atoms with E-state index in [0.29, 0.717) is 13.1 Å². The van der Waals surface area contributed by atoms with Gasteiger partial charge in [0.1, 0.15) is 11.3 Å². The number of benzene rings is 1. The Morgan fingerprint density at radius 3 is 2.48 bits per heavy atom. The molecule has 2 heterocycles. The molecule has 2 aliphatic heterocycles. The molecule has 3 amide bonds. The summed E-state index contributed by atoms with van der Waals surface area (Å²) < 4.78 is 5.45. The van der Waals surface area contributed by atoms with Crippen LogP contribution < -0.4 is 5.32 Å². The number of piperazine rings is 1. The van der Waals surface area contributed by atoms with Gasteiger partial charge in [-0.3, -0.25) is 19.4 Å². The van der Waals surface area contributed by atoms with Gasteiger partial charge in [0.2, 0.25) is 0 Å². The summed E-state index contributed by atoms with van der Waals surface area (Å²) >= 11 is 1.67. The number of aliphatic hydroxyl groups excluding tert-OH is 1. The number of para-hydroxylation sites is 1. The number of anilines is 1. The summed E-state index contributed by atoms with van der Waals surface area (Å²) in [5, 5.41) is 12.1.